The predicted octanol–water partition coefficient (Wildman–Crippen LogP) is 5.64. The number of allylic oxidation sites excluding steroid dienone is 1. The van der Waals surface area contributed by atoms with Gasteiger partial charge in [0.15, 0.2) is 11.5 Å². The third-order valence-electron chi connectivity index (χ3n) is 5.09. The molecule has 0 aliphatic heterocycles. The molecule has 7 heteroatoms. The second-order valence-corrected chi connectivity index (χ2v) is 7.72. The standard InChI is InChI=1S/C29H26N2O5/c1-3-9-22-14-21(16-26(35-4-2)27(22)36-19-20-10-6-5-7-11-20)15-24(18-30)28(32)31-25-13-8-12-23(17-25)29(33)34/h3,5-8,10-17H,1,4,9,19H2,2H3,(H,31,32)(H,33,34)/b24-15-. The molecule has 0 unspecified atom stereocenters. The number of carbonyl (C=O) groups excluding carboxylic acids is 1. The molecular weight excluding hydrogens is 456 g/mol. The molecule has 0 aromatic heterocycles. The molecular formula is C29H26N2O5. The molecule has 0 heterocycles. The molecule has 0 radical (unpaired) electrons. The van der Waals surface area contributed by atoms with Crippen LogP contribution < -0.4 is 14.8 Å². The van der Waals surface area contributed by atoms with Gasteiger partial charge in [-0.15, -0.1) is 6.58 Å². The van der Waals surface area contributed by atoms with Gasteiger partial charge in [-0.3, -0.25) is 4.79 Å². The minimum absolute atomic E-state index is 0.0248. The summed E-state index contributed by atoms with van der Waals surface area (Å²) >= 11 is 0. The van der Waals surface area contributed by atoms with Crippen LogP contribution in [0.2, 0.25) is 0 Å². The van der Waals surface area contributed by atoms with Crippen LogP contribution in [0.4, 0.5) is 5.69 Å². The summed E-state index contributed by atoms with van der Waals surface area (Å²) < 4.78 is 11.9. The van der Waals surface area contributed by atoms with E-state index >= 15 is 0 Å². The molecule has 3 aromatic rings. The Bertz CT molecular complexity index is 1320. The minimum atomic E-state index is -1.12. The maximum atomic E-state index is 12.8. The first-order valence-electron chi connectivity index (χ1n) is 11.3. The first kappa shape index (κ1) is 25.8. The Morgan fingerprint density at radius 2 is 1.86 bits per heavy atom. The lowest BCUT2D eigenvalue weighted by atomic mass is 10.0. The van der Waals surface area contributed by atoms with Gasteiger partial charge in [-0.05, 0) is 60.9 Å². The van der Waals surface area contributed by atoms with Crippen LogP contribution in [0.3, 0.4) is 0 Å². The van der Waals surface area contributed by atoms with E-state index in [1.165, 1.54) is 24.3 Å². The second kappa shape index (κ2) is 12.6. The molecule has 1 amide bonds. The zero-order valence-electron chi connectivity index (χ0n) is 19.9. The van der Waals surface area contributed by atoms with Gasteiger partial charge in [0.25, 0.3) is 5.91 Å². The average Bonchev–Trinajstić information content (AvgIpc) is 2.88. The second-order valence-electron chi connectivity index (χ2n) is 7.72. The molecule has 0 aliphatic carbocycles. The summed E-state index contributed by atoms with van der Waals surface area (Å²) in [6, 6.07) is 21.0. The van der Waals surface area contributed by atoms with Gasteiger partial charge in [0.1, 0.15) is 18.2 Å². The van der Waals surface area contributed by atoms with Gasteiger partial charge in [0.2, 0.25) is 0 Å². The molecule has 0 fully saturated rings. The minimum Gasteiger partial charge on any atom is -0.490 e. The van der Waals surface area contributed by atoms with Gasteiger partial charge in [-0.1, -0.05) is 42.5 Å². The van der Waals surface area contributed by atoms with Crippen molar-refractivity contribution < 1.29 is 24.2 Å². The SMILES string of the molecule is C=CCc1cc(/C=C(/C#N)C(=O)Nc2cccc(C(=O)O)c2)cc(OCC)c1OCc1ccccc1. The average molecular weight is 483 g/mol. The smallest absolute Gasteiger partial charge is 0.335 e. The molecule has 182 valence electrons. The number of rotatable bonds is 11. The lowest BCUT2D eigenvalue weighted by Crippen LogP contribution is -2.14. The number of amides is 1. The van der Waals surface area contributed by atoms with Gasteiger partial charge in [0, 0.05) is 11.3 Å². The quantitative estimate of drug-likeness (QED) is 0.208. The van der Waals surface area contributed by atoms with Crippen LogP contribution in [0.25, 0.3) is 6.08 Å². The largest absolute Gasteiger partial charge is 0.490 e. The number of aromatic carboxylic acids is 1. The zero-order chi connectivity index (χ0) is 25.9. The number of benzene rings is 3. The molecule has 3 aromatic carbocycles. The molecule has 0 saturated carbocycles. The molecule has 7 nitrogen and oxygen atoms in total. The maximum absolute atomic E-state index is 12.8. The number of nitrogens with one attached hydrogen (secondary N) is 1. The summed E-state index contributed by atoms with van der Waals surface area (Å²) in [4.78, 5) is 23.9. The van der Waals surface area contributed by atoms with Crippen LogP contribution in [0, 0.1) is 11.3 Å². The lowest BCUT2D eigenvalue weighted by molar-refractivity contribution is -0.112. The number of carboxylic acids is 1. The van der Waals surface area contributed by atoms with Crippen LogP contribution in [0.5, 0.6) is 11.5 Å². The normalized spacial score (nSPS) is 10.7. The van der Waals surface area contributed by atoms with Crippen molar-refractivity contribution in [1.29, 1.82) is 5.26 Å². The molecule has 0 bridgehead atoms. The summed E-state index contributed by atoms with van der Waals surface area (Å²) in [6.45, 7) is 6.42. The number of ether oxygens (including phenoxy) is 2. The van der Waals surface area contributed by atoms with E-state index < -0.39 is 11.9 Å². The molecule has 36 heavy (non-hydrogen) atoms. The molecule has 0 aliphatic rings. The number of anilines is 1. The molecule has 0 spiro atoms. The van der Waals surface area contributed by atoms with Gasteiger partial charge < -0.3 is 19.9 Å². The number of nitrogens with zero attached hydrogens (tertiary/aromatic N) is 1. The van der Waals surface area contributed by atoms with E-state index in [2.05, 4.69) is 11.9 Å². The van der Waals surface area contributed by atoms with Crippen molar-refractivity contribution in [3.63, 3.8) is 0 Å². The zero-order valence-corrected chi connectivity index (χ0v) is 19.9. The summed E-state index contributed by atoms with van der Waals surface area (Å²) in [5.74, 6) is -0.709. The van der Waals surface area contributed by atoms with E-state index in [9.17, 15) is 14.9 Å². The Kier molecular flexibility index (Phi) is 9.01. The van der Waals surface area contributed by atoms with E-state index in [1.807, 2.05) is 49.4 Å². The van der Waals surface area contributed by atoms with Crippen LogP contribution in [-0.4, -0.2) is 23.6 Å². The monoisotopic (exact) mass is 482 g/mol. The van der Waals surface area contributed by atoms with Crippen LogP contribution in [0.1, 0.15) is 34.0 Å². The van der Waals surface area contributed by atoms with E-state index in [0.29, 0.717) is 36.7 Å². The fourth-order valence-electron chi connectivity index (χ4n) is 3.47. The Labute approximate surface area is 209 Å². The third kappa shape index (κ3) is 6.84. The number of hydrogen-bond donors (Lipinski definition) is 2. The Morgan fingerprint density at radius 1 is 1.08 bits per heavy atom. The van der Waals surface area contributed by atoms with Crippen LogP contribution >= 0.6 is 0 Å². The topological polar surface area (TPSA) is 109 Å². The molecule has 2 N–H and O–H groups in total. The third-order valence-corrected chi connectivity index (χ3v) is 5.09. The number of nitriles is 1. The fraction of sp³-hybridized carbons (Fsp3) is 0.138. The lowest BCUT2D eigenvalue weighted by Gasteiger charge is -2.17. The van der Waals surface area contributed by atoms with E-state index in [1.54, 1.807) is 18.2 Å². The first-order valence-corrected chi connectivity index (χ1v) is 11.3. The van der Waals surface area contributed by atoms with Gasteiger partial charge in [-0.25, -0.2) is 4.79 Å². The highest BCUT2D eigenvalue weighted by atomic mass is 16.5. The van der Waals surface area contributed by atoms with E-state index in [4.69, 9.17) is 14.6 Å². The highest BCUT2D eigenvalue weighted by Gasteiger charge is 2.16. The maximum Gasteiger partial charge on any atom is 0.335 e. The first-order chi connectivity index (χ1) is 17.4. The van der Waals surface area contributed by atoms with Crippen LogP contribution in [0.15, 0.2) is 85.0 Å². The van der Waals surface area contributed by atoms with Crippen molar-refractivity contribution in [2.75, 3.05) is 11.9 Å². The number of carboxylic acid groups (broad SMARTS) is 1. The molecule has 0 saturated heterocycles. The van der Waals surface area contributed by atoms with Crippen molar-refractivity contribution in [2.45, 2.75) is 20.0 Å². The van der Waals surface area contributed by atoms with Crippen molar-refractivity contribution in [2.24, 2.45) is 0 Å². The Balaban J connectivity index is 1.92. The number of carbonyl (C=O) groups is 2. The van der Waals surface area contributed by atoms with E-state index in [0.717, 1.165) is 11.1 Å². The highest BCUT2D eigenvalue weighted by Crippen LogP contribution is 2.35. The number of hydrogen-bond acceptors (Lipinski definition) is 5. The van der Waals surface area contributed by atoms with Crippen molar-refractivity contribution in [3.8, 4) is 17.6 Å². The van der Waals surface area contributed by atoms with E-state index in [-0.39, 0.29) is 16.8 Å². The summed E-state index contributed by atoms with van der Waals surface area (Å²) in [5, 5.41) is 21.4. The fourth-order valence-corrected chi connectivity index (χ4v) is 3.47. The Hall–Kier alpha value is -4.83. The van der Waals surface area contributed by atoms with Gasteiger partial charge in [0.05, 0.1) is 12.2 Å². The van der Waals surface area contributed by atoms with Crippen molar-refractivity contribution >= 4 is 23.6 Å². The molecule has 3 rings (SSSR count). The van der Waals surface area contributed by atoms with Crippen LogP contribution in [-0.2, 0) is 17.8 Å². The summed E-state index contributed by atoms with van der Waals surface area (Å²) in [6.07, 6.45) is 3.68. The van der Waals surface area contributed by atoms with Crippen molar-refractivity contribution in [1.82, 2.24) is 0 Å². The summed E-state index contributed by atoms with van der Waals surface area (Å²) in [7, 11) is 0. The Morgan fingerprint density at radius 3 is 2.53 bits per heavy atom. The predicted molar refractivity (Wildman–Crippen MR) is 138 cm³/mol. The molecule has 0 atom stereocenters. The van der Waals surface area contributed by atoms with Gasteiger partial charge in [-0.2, -0.15) is 5.26 Å². The summed E-state index contributed by atoms with van der Waals surface area (Å²) in [5.41, 5.74) is 2.52. The highest BCUT2D eigenvalue weighted by molar-refractivity contribution is 6.10. The van der Waals surface area contributed by atoms with Gasteiger partial charge >= 0.3 is 5.97 Å². The van der Waals surface area contributed by atoms with Crippen molar-refractivity contribution in [3.05, 3.63) is 107 Å².